The van der Waals surface area contributed by atoms with Crippen molar-refractivity contribution in [3.63, 3.8) is 0 Å². The highest BCUT2D eigenvalue weighted by atomic mass is 35.5. The molecular weight excluding hydrogens is 289 g/mol. The molecular formula is C17H17ClFNO. The normalized spacial score (nSPS) is 14.6. The Kier molecular flexibility index (Phi) is 4.13. The Balaban J connectivity index is 1.65. The highest BCUT2D eigenvalue weighted by molar-refractivity contribution is 6.30. The molecule has 1 heterocycles. The van der Waals surface area contributed by atoms with E-state index in [2.05, 4.69) is 12.1 Å². The van der Waals surface area contributed by atoms with E-state index < -0.39 is 5.82 Å². The number of rotatable bonds is 4. The lowest BCUT2D eigenvalue weighted by atomic mass is 9.98. The molecule has 1 unspecified atom stereocenters. The molecule has 4 heteroatoms. The molecule has 110 valence electrons. The SMILES string of the molecule is NC(CCc1ccc2c(c1)CCO2)c1ccc(F)c(Cl)c1. The van der Waals surface area contributed by atoms with Crippen LogP contribution in [-0.4, -0.2) is 6.61 Å². The summed E-state index contributed by atoms with van der Waals surface area (Å²) < 4.78 is 18.7. The van der Waals surface area contributed by atoms with Crippen LogP contribution in [-0.2, 0) is 12.8 Å². The molecule has 0 radical (unpaired) electrons. The molecule has 0 fully saturated rings. The lowest BCUT2D eigenvalue weighted by Crippen LogP contribution is -2.11. The van der Waals surface area contributed by atoms with Crippen molar-refractivity contribution in [3.8, 4) is 5.75 Å². The first-order valence-corrected chi connectivity index (χ1v) is 7.46. The summed E-state index contributed by atoms with van der Waals surface area (Å²) in [5.74, 6) is 0.583. The van der Waals surface area contributed by atoms with Gasteiger partial charge in [0.05, 0.1) is 11.6 Å². The van der Waals surface area contributed by atoms with Crippen LogP contribution in [0.4, 0.5) is 4.39 Å². The van der Waals surface area contributed by atoms with Gasteiger partial charge in [-0.1, -0.05) is 29.8 Å². The van der Waals surface area contributed by atoms with E-state index >= 15 is 0 Å². The van der Waals surface area contributed by atoms with Crippen LogP contribution >= 0.6 is 11.6 Å². The first-order valence-electron chi connectivity index (χ1n) is 7.08. The Morgan fingerprint density at radius 1 is 1.24 bits per heavy atom. The largest absolute Gasteiger partial charge is 0.493 e. The molecule has 0 spiro atoms. The summed E-state index contributed by atoms with van der Waals surface area (Å²) >= 11 is 5.79. The molecule has 1 aliphatic rings. The monoisotopic (exact) mass is 305 g/mol. The predicted molar refractivity (Wildman–Crippen MR) is 82.3 cm³/mol. The van der Waals surface area contributed by atoms with Crippen molar-refractivity contribution < 1.29 is 9.13 Å². The molecule has 1 atom stereocenters. The van der Waals surface area contributed by atoms with Gasteiger partial charge in [0, 0.05) is 12.5 Å². The lowest BCUT2D eigenvalue weighted by molar-refractivity contribution is 0.357. The van der Waals surface area contributed by atoms with Gasteiger partial charge in [-0.3, -0.25) is 0 Å². The van der Waals surface area contributed by atoms with Gasteiger partial charge in [0.15, 0.2) is 0 Å². The minimum Gasteiger partial charge on any atom is -0.493 e. The maximum atomic E-state index is 13.2. The summed E-state index contributed by atoms with van der Waals surface area (Å²) in [6, 6.07) is 10.8. The minimum atomic E-state index is -0.411. The van der Waals surface area contributed by atoms with Crippen molar-refractivity contribution >= 4 is 11.6 Å². The first-order chi connectivity index (χ1) is 10.1. The van der Waals surface area contributed by atoms with Crippen molar-refractivity contribution in [2.75, 3.05) is 6.61 Å². The fraction of sp³-hybridized carbons (Fsp3) is 0.294. The van der Waals surface area contributed by atoms with E-state index in [0.717, 1.165) is 37.2 Å². The Morgan fingerprint density at radius 2 is 2.10 bits per heavy atom. The van der Waals surface area contributed by atoms with Crippen molar-refractivity contribution in [3.05, 3.63) is 63.9 Å². The van der Waals surface area contributed by atoms with Crippen LogP contribution in [0.25, 0.3) is 0 Å². The highest BCUT2D eigenvalue weighted by Crippen LogP contribution is 2.27. The molecule has 2 aromatic carbocycles. The van der Waals surface area contributed by atoms with Crippen LogP contribution in [0.5, 0.6) is 5.75 Å². The van der Waals surface area contributed by atoms with Crippen LogP contribution in [0.3, 0.4) is 0 Å². The second-order valence-electron chi connectivity index (χ2n) is 5.36. The second kappa shape index (κ2) is 6.04. The molecule has 0 aromatic heterocycles. The highest BCUT2D eigenvalue weighted by Gasteiger charge is 2.13. The number of nitrogens with two attached hydrogens (primary N) is 1. The Bertz CT molecular complexity index is 659. The summed E-state index contributed by atoms with van der Waals surface area (Å²) in [5, 5.41) is 0.123. The fourth-order valence-electron chi connectivity index (χ4n) is 2.63. The van der Waals surface area contributed by atoms with Crippen LogP contribution in [0, 0.1) is 5.82 Å². The van der Waals surface area contributed by atoms with Crippen LogP contribution in [0.15, 0.2) is 36.4 Å². The van der Waals surface area contributed by atoms with Crippen LogP contribution in [0.1, 0.15) is 29.2 Å². The number of fused-ring (bicyclic) bond motifs is 1. The molecule has 2 N–H and O–H groups in total. The number of aryl methyl sites for hydroxylation is 1. The van der Waals surface area contributed by atoms with Crippen LogP contribution < -0.4 is 10.5 Å². The smallest absolute Gasteiger partial charge is 0.141 e. The maximum Gasteiger partial charge on any atom is 0.141 e. The molecule has 2 aromatic rings. The van der Waals surface area contributed by atoms with Gasteiger partial charge >= 0.3 is 0 Å². The quantitative estimate of drug-likeness (QED) is 0.925. The summed E-state index contributed by atoms with van der Waals surface area (Å²) in [4.78, 5) is 0. The summed E-state index contributed by atoms with van der Waals surface area (Å²) in [6.45, 7) is 0.770. The fourth-order valence-corrected chi connectivity index (χ4v) is 2.82. The van der Waals surface area contributed by atoms with E-state index in [1.54, 1.807) is 12.1 Å². The number of hydrogen-bond acceptors (Lipinski definition) is 2. The van der Waals surface area contributed by atoms with E-state index in [4.69, 9.17) is 22.1 Å². The standard InChI is InChI=1S/C17H17ClFNO/c18-14-10-12(3-4-15(14)19)16(20)5-1-11-2-6-17-13(9-11)7-8-21-17/h2-4,6,9-10,16H,1,5,7-8,20H2. The molecule has 0 bridgehead atoms. The molecule has 0 saturated heterocycles. The Morgan fingerprint density at radius 3 is 2.90 bits per heavy atom. The zero-order chi connectivity index (χ0) is 14.8. The number of halogens is 2. The Labute approximate surface area is 128 Å². The average Bonchev–Trinajstić information content (AvgIpc) is 2.95. The van der Waals surface area contributed by atoms with Crippen molar-refractivity contribution in [2.24, 2.45) is 5.73 Å². The Hall–Kier alpha value is -1.58. The molecule has 0 saturated carbocycles. The molecule has 21 heavy (non-hydrogen) atoms. The van der Waals surface area contributed by atoms with E-state index in [-0.39, 0.29) is 11.1 Å². The molecule has 3 rings (SSSR count). The summed E-state index contributed by atoms with van der Waals surface area (Å²) in [5.41, 5.74) is 9.56. The summed E-state index contributed by atoms with van der Waals surface area (Å²) in [6.07, 6.45) is 2.65. The third kappa shape index (κ3) is 3.20. The van der Waals surface area contributed by atoms with E-state index in [9.17, 15) is 4.39 Å². The van der Waals surface area contributed by atoms with E-state index in [0.29, 0.717) is 0 Å². The first kappa shape index (κ1) is 14.4. The third-order valence-electron chi connectivity index (χ3n) is 3.87. The number of ether oxygens (including phenoxy) is 1. The van der Waals surface area contributed by atoms with Gasteiger partial charge in [-0.15, -0.1) is 0 Å². The van der Waals surface area contributed by atoms with Crippen LogP contribution in [0.2, 0.25) is 5.02 Å². The molecule has 0 amide bonds. The van der Waals surface area contributed by atoms with Crippen molar-refractivity contribution in [2.45, 2.75) is 25.3 Å². The average molecular weight is 306 g/mol. The van der Waals surface area contributed by atoms with Gasteiger partial charge in [-0.25, -0.2) is 4.39 Å². The van der Waals surface area contributed by atoms with E-state index in [1.165, 1.54) is 17.2 Å². The summed E-state index contributed by atoms with van der Waals surface area (Å²) in [7, 11) is 0. The topological polar surface area (TPSA) is 35.2 Å². The zero-order valence-electron chi connectivity index (χ0n) is 11.6. The molecule has 1 aliphatic heterocycles. The number of hydrogen-bond donors (Lipinski definition) is 1. The van der Waals surface area contributed by atoms with Crippen molar-refractivity contribution in [1.82, 2.24) is 0 Å². The molecule has 2 nitrogen and oxygen atoms in total. The zero-order valence-corrected chi connectivity index (χ0v) is 12.4. The van der Waals surface area contributed by atoms with Gasteiger partial charge in [0.1, 0.15) is 11.6 Å². The number of benzene rings is 2. The van der Waals surface area contributed by atoms with Crippen molar-refractivity contribution in [1.29, 1.82) is 0 Å². The molecule has 0 aliphatic carbocycles. The van der Waals surface area contributed by atoms with Gasteiger partial charge in [-0.2, -0.15) is 0 Å². The van der Waals surface area contributed by atoms with E-state index in [1.807, 2.05) is 6.07 Å². The van der Waals surface area contributed by atoms with Gasteiger partial charge < -0.3 is 10.5 Å². The minimum absolute atomic E-state index is 0.123. The lowest BCUT2D eigenvalue weighted by Gasteiger charge is -2.13. The van der Waals surface area contributed by atoms with Gasteiger partial charge in [0.2, 0.25) is 0 Å². The third-order valence-corrected chi connectivity index (χ3v) is 4.16. The predicted octanol–water partition coefficient (Wildman–Crippen LogP) is 4.05. The van der Waals surface area contributed by atoms with Gasteiger partial charge in [-0.05, 0) is 47.7 Å². The maximum absolute atomic E-state index is 13.2. The second-order valence-corrected chi connectivity index (χ2v) is 5.77. The van der Waals surface area contributed by atoms with Gasteiger partial charge in [0.25, 0.3) is 0 Å².